The molecule has 0 aromatic carbocycles. The number of carbonyl (C=O) groups is 1. The zero-order chi connectivity index (χ0) is 12.4. The first kappa shape index (κ1) is 13.0. The maximum Gasteiger partial charge on any atom is 0.202 e. The molecule has 0 saturated carbocycles. The number of nitrogens with zero attached hydrogens (tertiary/aromatic N) is 1. The first-order valence-electron chi connectivity index (χ1n) is 5.73. The zero-order valence-electron chi connectivity index (χ0n) is 9.98. The second kappa shape index (κ2) is 5.48. The second-order valence-corrected chi connectivity index (χ2v) is 6.13. The van der Waals surface area contributed by atoms with E-state index in [9.17, 15) is 4.79 Å². The van der Waals surface area contributed by atoms with Crippen molar-refractivity contribution in [1.82, 2.24) is 4.90 Å². The molecule has 0 radical (unpaired) electrons. The van der Waals surface area contributed by atoms with Crippen molar-refractivity contribution in [3.8, 4) is 0 Å². The van der Waals surface area contributed by atoms with Crippen molar-refractivity contribution in [3.05, 3.63) is 21.3 Å². The van der Waals surface area contributed by atoms with Crippen LogP contribution in [0.15, 0.2) is 12.1 Å². The molecule has 1 aromatic heterocycles. The van der Waals surface area contributed by atoms with E-state index in [0.29, 0.717) is 28.4 Å². The molecule has 0 spiro atoms. The third-order valence-corrected chi connectivity index (χ3v) is 4.18. The number of rotatable bonds is 3. The van der Waals surface area contributed by atoms with Crippen LogP contribution in [0.3, 0.4) is 0 Å². The van der Waals surface area contributed by atoms with E-state index in [4.69, 9.17) is 16.3 Å². The van der Waals surface area contributed by atoms with Gasteiger partial charge in [-0.2, -0.15) is 0 Å². The molecule has 1 fully saturated rings. The Bertz CT molecular complexity index is 405. The molecule has 1 saturated heterocycles. The maximum absolute atomic E-state index is 12.2. The van der Waals surface area contributed by atoms with Crippen molar-refractivity contribution in [2.45, 2.75) is 26.0 Å². The van der Waals surface area contributed by atoms with Gasteiger partial charge in [0, 0.05) is 19.1 Å². The van der Waals surface area contributed by atoms with Crippen LogP contribution < -0.4 is 0 Å². The number of ether oxygens (including phenoxy) is 1. The van der Waals surface area contributed by atoms with Gasteiger partial charge in [0.15, 0.2) is 0 Å². The number of morpholine rings is 1. The number of hydrogen-bond donors (Lipinski definition) is 0. The first-order chi connectivity index (χ1) is 8.08. The van der Waals surface area contributed by atoms with Crippen LogP contribution >= 0.6 is 22.9 Å². The Labute approximate surface area is 110 Å². The Kier molecular flexibility index (Phi) is 4.20. The number of halogens is 1. The summed E-state index contributed by atoms with van der Waals surface area (Å²) in [5.74, 6) is 0.0484. The lowest BCUT2D eigenvalue weighted by Gasteiger charge is -2.34. The zero-order valence-corrected chi connectivity index (χ0v) is 11.6. The van der Waals surface area contributed by atoms with Gasteiger partial charge in [-0.25, -0.2) is 0 Å². The van der Waals surface area contributed by atoms with Crippen molar-refractivity contribution in [3.63, 3.8) is 0 Å². The average Bonchev–Trinajstić information content (AvgIpc) is 2.75. The average molecular weight is 274 g/mol. The van der Waals surface area contributed by atoms with Gasteiger partial charge in [-0.15, -0.1) is 11.3 Å². The molecule has 1 aromatic rings. The molecule has 3 nitrogen and oxygen atoms in total. The molecule has 94 valence electrons. The lowest BCUT2D eigenvalue weighted by molar-refractivity contribution is -0.0254. The van der Waals surface area contributed by atoms with E-state index in [2.05, 4.69) is 18.7 Å². The Hall–Kier alpha value is -0.420. The molecule has 1 aliphatic heterocycles. The minimum Gasteiger partial charge on any atom is -0.367 e. The standard InChI is InChI=1S/C12H16ClNO2S/c1-8(2)14-5-6-16-9(7-14)12(15)10-3-4-11(13)17-10/h3-4,8-9H,5-7H2,1-2H3. The second-order valence-electron chi connectivity index (χ2n) is 4.42. The summed E-state index contributed by atoms with van der Waals surface area (Å²) in [6.45, 7) is 6.45. The maximum atomic E-state index is 12.2. The highest BCUT2D eigenvalue weighted by atomic mass is 35.5. The fourth-order valence-electron chi connectivity index (χ4n) is 1.90. The SMILES string of the molecule is CC(C)N1CCOC(C(=O)c2ccc(Cl)s2)C1. The van der Waals surface area contributed by atoms with E-state index >= 15 is 0 Å². The van der Waals surface area contributed by atoms with E-state index in [1.165, 1.54) is 11.3 Å². The quantitative estimate of drug-likeness (QED) is 0.793. The lowest BCUT2D eigenvalue weighted by atomic mass is 10.1. The fourth-order valence-corrected chi connectivity index (χ4v) is 2.93. The van der Waals surface area contributed by atoms with Crippen LogP contribution in [-0.2, 0) is 4.74 Å². The van der Waals surface area contributed by atoms with Gasteiger partial charge in [0.25, 0.3) is 0 Å². The highest BCUT2D eigenvalue weighted by Crippen LogP contribution is 2.24. The van der Waals surface area contributed by atoms with E-state index in [1.807, 2.05) is 0 Å². The molecule has 2 heterocycles. The molecule has 1 aliphatic rings. The third kappa shape index (κ3) is 3.07. The van der Waals surface area contributed by atoms with Crippen LogP contribution in [0.4, 0.5) is 0 Å². The summed E-state index contributed by atoms with van der Waals surface area (Å²) in [4.78, 5) is 15.1. The predicted molar refractivity (Wildman–Crippen MR) is 70.1 cm³/mol. The Morgan fingerprint density at radius 1 is 1.59 bits per heavy atom. The molecule has 17 heavy (non-hydrogen) atoms. The number of carbonyl (C=O) groups excluding carboxylic acids is 1. The van der Waals surface area contributed by atoms with Gasteiger partial charge < -0.3 is 4.74 Å². The molecule has 1 unspecified atom stereocenters. The summed E-state index contributed by atoms with van der Waals surface area (Å²) in [7, 11) is 0. The Morgan fingerprint density at radius 2 is 2.35 bits per heavy atom. The summed E-state index contributed by atoms with van der Waals surface area (Å²) in [6.07, 6.45) is -0.346. The summed E-state index contributed by atoms with van der Waals surface area (Å²) in [5.41, 5.74) is 0. The normalized spacial score (nSPS) is 22.0. The smallest absolute Gasteiger partial charge is 0.202 e. The van der Waals surface area contributed by atoms with Crippen molar-refractivity contribution >= 4 is 28.7 Å². The van der Waals surface area contributed by atoms with Crippen LogP contribution in [0.1, 0.15) is 23.5 Å². The van der Waals surface area contributed by atoms with E-state index in [-0.39, 0.29) is 11.9 Å². The van der Waals surface area contributed by atoms with Gasteiger partial charge in [-0.1, -0.05) is 11.6 Å². The van der Waals surface area contributed by atoms with Crippen LogP contribution in [0.2, 0.25) is 4.34 Å². The Morgan fingerprint density at radius 3 is 2.94 bits per heavy atom. The summed E-state index contributed by atoms with van der Waals surface area (Å²) in [6, 6.07) is 3.97. The highest BCUT2D eigenvalue weighted by molar-refractivity contribution is 7.18. The molecule has 0 aliphatic carbocycles. The number of hydrogen-bond acceptors (Lipinski definition) is 4. The predicted octanol–water partition coefficient (Wildman–Crippen LogP) is 2.69. The van der Waals surface area contributed by atoms with E-state index < -0.39 is 0 Å². The van der Waals surface area contributed by atoms with Crippen molar-refractivity contribution < 1.29 is 9.53 Å². The number of thiophene rings is 1. The van der Waals surface area contributed by atoms with Crippen LogP contribution in [-0.4, -0.2) is 42.5 Å². The molecule has 5 heteroatoms. The van der Waals surface area contributed by atoms with E-state index in [0.717, 1.165) is 6.54 Å². The molecular formula is C12H16ClNO2S. The van der Waals surface area contributed by atoms with Gasteiger partial charge in [0.05, 0.1) is 15.8 Å². The highest BCUT2D eigenvalue weighted by Gasteiger charge is 2.29. The summed E-state index contributed by atoms with van der Waals surface area (Å²) >= 11 is 7.15. The molecular weight excluding hydrogens is 258 g/mol. The van der Waals surface area contributed by atoms with Gasteiger partial charge in [-0.05, 0) is 26.0 Å². The molecule has 0 N–H and O–H groups in total. The van der Waals surface area contributed by atoms with Crippen LogP contribution in [0, 0.1) is 0 Å². The van der Waals surface area contributed by atoms with Gasteiger partial charge >= 0.3 is 0 Å². The third-order valence-electron chi connectivity index (χ3n) is 2.94. The summed E-state index contributed by atoms with van der Waals surface area (Å²) < 4.78 is 6.20. The Balaban J connectivity index is 2.04. The largest absolute Gasteiger partial charge is 0.367 e. The van der Waals surface area contributed by atoms with Gasteiger partial charge in [-0.3, -0.25) is 9.69 Å². The molecule has 2 rings (SSSR count). The van der Waals surface area contributed by atoms with Crippen molar-refractivity contribution in [1.29, 1.82) is 0 Å². The molecule has 0 amide bonds. The molecule has 1 atom stereocenters. The first-order valence-corrected chi connectivity index (χ1v) is 6.92. The lowest BCUT2D eigenvalue weighted by Crippen LogP contribution is -2.48. The van der Waals surface area contributed by atoms with Crippen LogP contribution in [0.25, 0.3) is 0 Å². The van der Waals surface area contributed by atoms with Gasteiger partial charge in [0.1, 0.15) is 6.10 Å². The molecule has 0 bridgehead atoms. The van der Waals surface area contributed by atoms with Crippen molar-refractivity contribution in [2.24, 2.45) is 0 Å². The minimum atomic E-state index is -0.346. The topological polar surface area (TPSA) is 29.5 Å². The summed E-state index contributed by atoms with van der Waals surface area (Å²) in [5, 5.41) is 0. The number of Topliss-reactive ketones (excluding diaryl/α,β-unsaturated/α-hetero) is 1. The van der Waals surface area contributed by atoms with Crippen LogP contribution in [0.5, 0.6) is 0 Å². The minimum absolute atomic E-state index is 0.0484. The monoisotopic (exact) mass is 273 g/mol. The fraction of sp³-hybridized carbons (Fsp3) is 0.583. The number of ketones is 1. The van der Waals surface area contributed by atoms with E-state index in [1.54, 1.807) is 12.1 Å². The van der Waals surface area contributed by atoms with Crippen molar-refractivity contribution in [2.75, 3.05) is 19.7 Å². The van der Waals surface area contributed by atoms with Gasteiger partial charge in [0.2, 0.25) is 5.78 Å².